The molecule has 4 aliphatic rings. The smallest absolute Gasteiger partial charge is 0.409 e. The number of carboxylic acid groups (broad SMARTS) is 1. The number of fused-ring (bicyclic) bond motifs is 4. The number of carboxylic acids is 1. The zero-order chi connectivity index (χ0) is 55.5. The number of likely N-dealkylation sites (N-methyl/N-ethyl adjacent to an activating group) is 1. The molecule has 4 aromatic heterocycles. The summed E-state index contributed by atoms with van der Waals surface area (Å²) in [6.07, 6.45) is 15.7. The number of ether oxygens (including phenoxy) is 3. The standard InChI is InChI=1S/C26H37N5O2.C24H33N5O3.C7H4ClNO4/c1-19(32)17-23(20-6-9-24(33-3)29-18-20)27-14-16-31(2)15-4-5-21-7-8-22-25(30-21)28-13-12-26(22)10-11-26;1-32-21-7-4-17(16-28-21)20(15-22(30)31)26-14-13-25-11-2-3-18-5-6-19-23(29-18)27-12-10-24(19)8-9-24;8-7(10)13-6-3-1-5(2-4-6)9(11)12/h6-9,18,23,27H,4-5,10-17H2,1-3H3,(H,28,30);4-7,16,20,25-26H,2-3,8-15H2,1H3,(H,27,29)(H,30,31);1-4H/t23-;20-;/m00./s1. The van der Waals surface area contributed by atoms with Crippen molar-refractivity contribution in [2.45, 2.75) is 107 Å². The molecule has 6 heterocycles. The lowest BCUT2D eigenvalue weighted by atomic mass is 9.90. The maximum atomic E-state index is 11.7. The number of nitrogens with zero attached hydrogens (tertiary/aromatic N) is 6. The fourth-order valence-corrected chi connectivity index (χ4v) is 10.1. The highest BCUT2D eigenvalue weighted by Crippen LogP contribution is 2.55. The average Bonchev–Trinajstić information content (AvgIpc) is 4.55. The van der Waals surface area contributed by atoms with Crippen LogP contribution in [0.15, 0.2) is 85.2 Å². The largest absolute Gasteiger partial charge is 0.481 e. The van der Waals surface area contributed by atoms with Gasteiger partial charge in [0.25, 0.3) is 5.69 Å². The number of benzene rings is 1. The van der Waals surface area contributed by atoms with Gasteiger partial charge in [0.15, 0.2) is 0 Å². The molecule has 418 valence electrons. The number of aliphatic carboxylic acids is 1. The first-order chi connectivity index (χ1) is 37.7. The number of hydrogen-bond donors (Lipinski definition) is 6. The van der Waals surface area contributed by atoms with Crippen LogP contribution in [0, 0.1) is 10.1 Å². The van der Waals surface area contributed by atoms with Crippen LogP contribution in [-0.4, -0.2) is 126 Å². The molecule has 21 heteroatoms. The average molecular weight is 1090 g/mol. The highest BCUT2D eigenvalue weighted by molar-refractivity contribution is 6.61. The van der Waals surface area contributed by atoms with Gasteiger partial charge in [-0.3, -0.25) is 19.7 Å². The SMILES string of the molecule is COc1ccc([C@H](CC(=O)O)NCCNCCCc2ccc3c(n2)NCCC32CC2)cn1.COc1ccc([C@H](CC(C)=O)NCCN(C)CCCc2ccc3c(n2)NCCC32CC2)cn1.O=C(Cl)Oc1ccc([N+](=O)[O-])cc1. The van der Waals surface area contributed by atoms with E-state index in [0.29, 0.717) is 35.6 Å². The summed E-state index contributed by atoms with van der Waals surface area (Å²) >= 11 is 4.92. The molecule has 9 rings (SSSR count). The van der Waals surface area contributed by atoms with Gasteiger partial charge in [-0.2, -0.15) is 0 Å². The van der Waals surface area contributed by atoms with Crippen LogP contribution >= 0.6 is 11.6 Å². The minimum atomic E-state index is -0.978. The molecule has 0 saturated heterocycles. The molecule has 2 atom stereocenters. The van der Waals surface area contributed by atoms with E-state index in [4.69, 9.17) is 31.0 Å². The van der Waals surface area contributed by atoms with Crippen LogP contribution < -0.4 is 40.8 Å². The van der Waals surface area contributed by atoms with Crippen LogP contribution in [0.5, 0.6) is 17.5 Å². The Balaban J connectivity index is 0.000000185. The molecule has 2 aliphatic heterocycles. The molecule has 0 bridgehead atoms. The zero-order valence-corrected chi connectivity index (χ0v) is 45.9. The van der Waals surface area contributed by atoms with Gasteiger partial charge in [-0.15, -0.1) is 0 Å². The molecule has 5 aromatic rings. The fourth-order valence-electron chi connectivity index (χ4n) is 10.0. The number of nitro groups is 1. The number of non-ortho nitro benzene ring substituents is 1. The number of hydrogen-bond acceptors (Lipinski definition) is 18. The number of aryl methyl sites for hydroxylation is 2. The van der Waals surface area contributed by atoms with Crippen LogP contribution in [0.25, 0.3) is 0 Å². The maximum absolute atomic E-state index is 11.7. The number of rotatable bonds is 26. The summed E-state index contributed by atoms with van der Waals surface area (Å²) < 4.78 is 14.7. The number of Topliss-reactive ketones (excluding diaryl/α,β-unsaturated/α-hetero) is 1. The lowest BCUT2D eigenvalue weighted by Gasteiger charge is -2.26. The second-order valence-electron chi connectivity index (χ2n) is 20.4. The van der Waals surface area contributed by atoms with E-state index in [-0.39, 0.29) is 35.7 Å². The van der Waals surface area contributed by atoms with Crippen LogP contribution in [0.4, 0.5) is 22.1 Å². The fraction of sp³-hybridized carbons (Fsp3) is 0.491. The second-order valence-corrected chi connectivity index (χ2v) is 20.8. The summed E-state index contributed by atoms with van der Waals surface area (Å²) in [4.78, 5) is 63.4. The Morgan fingerprint density at radius 1 is 0.718 bits per heavy atom. The summed E-state index contributed by atoms with van der Waals surface area (Å²) in [5, 5.41) is 36.7. The number of aromatic nitrogens is 4. The van der Waals surface area contributed by atoms with Gasteiger partial charge in [0.1, 0.15) is 23.2 Å². The molecule has 0 radical (unpaired) electrons. The number of nitrogens with one attached hydrogen (secondary N) is 5. The maximum Gasteiger partial charge on any atom is 0.409 e. The van der Waals surface area contributed by atoms with Crippen molar-refractivity contribution in [3.8, 4) is 17.5 Å². The summed E-state index contributed by atoms with van der Waals surface area (Å²) in [5.74, 6) is 2.81. The van der Waals surface area contributed by atoms with Gasteiger partial charge in [0.05, 0.1) is 25.6 Å². The number of nitro benzene ring substituents is 1. The van der Waals surface area contributed by atoms with Gasteiger partial charge in [-0.1, -0.05) is 24.3 Å². The Kier molecular flexibility index (Phi) is 21.6. The molecule has 2 spiro atoms. The minimum absolute atomic E-state index is 0.00727. The zero-order valence-electron chi connectivity index (χ0n) is 45.2. The van der Waals surface area contributed by atoms with Crippen molar-refractivity contribution in [2.75, 3.05) is 84.3 Å². The van der Waals surface area contributed by atoms with E-state index in [1.807, 2.05) is 18.2 Å². The van der Waals surface area contributed by atoms with E-state index in [9.17, 15) is 29.6 Å². The summed E-state index contributed by atoms with van der Waals surface area (Å²) in [7, 11) is 5.31. The Hall–Kier alpha value is -6.84. The minimum Gasteiger partial charge on any atom is -0.481 e. The van der Waals surface area contributed by atoms with E-state index < -0.39 is 16.3 Å². The molecular formula is C57H74ClN11O9. The quantitative estimate of drug-likeness (QED) is 0.0131. The number of carbonyl (C=O) groups excluding carboxylic acids is 2. The number of anilines is 2. The molecule has 1 aromatic carbocycles. The highest BCUT2D eigenvalue weighted by atomic mass is 35.5. The van der Waals surface area contributed by atoms with Crippen molar-refractivity contribution in [3.63, 3.8) is 0 Å². The number of pyridine rings is 4. The first-order valence-electron chi connectivity index (χ1n) is 26.9. The normalized spacial score (nSPS) is 15.6. The van der Waals surface area contributed by atoms with Crippen LogP contribution in [0.3, 0.4) is 0 Å². The number of ketones is 1. The molecule has 2 aliphatic carbocycles. The summed E-state index contributed by atoms with van der Waals surface area (Å²) in [6.45, 7) is 8.79. The summed E-state index contributed by atoms with van der Waals surface area (Å²) in [6, 6.07) is 21.1. The van der Waals surface area contributed by atoms with Crippen molar-refractivity contribution in [2.24, 2.45) is 0 Å². The molecule has 0 amide bonds. The molecular weight excluding hydrogens is 1020 g/mol. The molecule has 2 saturated carbocycles. The van der Waals surface area contributed by atoms with E-state index >= 15 is 0 Å². The van der Waals surface area contributed by atoms with E-state index in [1.54, 1.807) is 39.6 Å². The number of halogens is 1. The third-order valence-electron chi connectivity index (χ3n) is 14.7. The van der Waals surface area contributed by atoms with Crippen molar-refractivity contribution in [3.05, 3.63) is 129 Å². The van der Waals surface area contributed by atoms with Gasteiger partial charge in [-0.05, 0) is 127 Å². The van der Waals surface area contributed by atoms with Gasteiger partial charge in [0.2, 0.25) is 11.8 Å². The van der Waals surface area contributed by atoms with E-state index in [0.717, 1.165) is 100.0 Å². The number of methoxy groups -OCH3 is 2. The van der Waals surface area contributed by atoms with Gasteiger partial charge >= 0.3 is 11.4 Å². The predicted molar refractivity (Wildman–Crippen MR) is 299 cm³/mol. The lowest BCUT2D eigenvalue weighted by molar-refractivity contribution is -0.384. The molecule has 78 heavy (non-hydrogen) atoms. The van der Waals surface area contributed by atoms with Crippen molar-refractivity contribution in [1.29, 1.82) is 0 Å². The van der Waals surface area contributed by atoms with Crippen molar-refractivity contribution >= 4 is 46.1 Å². The molecule has 20 nitrogen and oxygen atoms in total. The third kappa shape index (κ3) is 17.6. The molecule has 0 unspecified atom stereocenters. The monoisotopic (exact) mass is 1090 g/mol. The van der Waals surface area contributed by atoms with Crippen LogP contribution in [-0.2, 0) is 33.3 Å². The van der Waals surface area contributed by atoms with E-state index in [1.165, 1.54) is 79.6 Å². The van der Waals surface area contributed by atoms with Gasteiger partial charge in [-0.25, -0.2) is 24.7 Å². The predicted octanol–water partition coefficient (Wildman–Crippen LogP) is 8.50. The second kappa shape index (κ2) is 28.7. The number of carbonyl (C=O) groups is 3. The van der Waals surface area contributed by atoms with Crippen molar-refractivity contribution in [1.82, 2.24) is 40.8 Å². The Labute approximate surface area is 461 Å². The third-order valence-corrected chi connectivity index (χ3v) is 14.8. The highest BCUT2D eigenvalue weighted by Gasteiger charge is 2.48. The van der Waals surface area contributed by atoms with Gasteiger partial charge in [0, 0.05) is 139 Å². The summed E-state index contributed by atoms with van der Waals surface area (Å²) in [5.41, 5.74) is 6.85. The Morgan fingerprint density at radius 3 is 1.73 bits per heavy atom. The van der Waals surface area contributed by atoms with E-state index in [2.05, 4.69) is 77.5 Å². The first-order valence-corrected chi connectivity index (χ1v) is 27.2. The van der Waals surface area contributed by atoms with Crippen molar-refractivity contribution < 1.29 is 38.6 Å². The lowest BCUT2D eigenvalue weighted by Crippen LogP contribution is -2.33. The first kappa shape index (κ1) is 58.8. The molecule has 2 fully saturated rings. The van der Waals surface area contributed by atoms with Crippen LogP contribution in [0.1, 0.15) is 117 Å². The topological polar surface area (TPSA) is 257 Å². The van der Waals surface area contributed by atoms with Gasteiger partial charge < -0.3 is 50.8 Å². The van der Waals surface area contributed by atoms with Crippen LogP contribution in [0.2, 0.25) is 0 Å². The Morgan fingerprint density at radius 2 is 1.26 bits per heavy atom. The molecule has 6 N–H and O–H groups in total. The Bertz CT molecular complexity index is 2760.